The van der Waals surface area contributed by atoms with Crippen LogP contribution in [-0.4, -0.2) is 86.3 Å². The van der Waals surface area contributed by atoms with Crippen LogP contribution in [0.1, 0.15) is 23.1 Å². The zero-order valence-electron chi connectivity index (χ0n) is 19.3. The molecule has 0 radical (unpaired) electrons. The van der Waals surface area contributed by atoms with Crippen LogP contribution in [0.4, 0.5) is 11.6 Å². The second-order valence-electron chi connectivity index (χ2n) is 8.63. The van der Waals surface area contributed by atoms with Crippen molar-refractivity contribution >= 4 is 17.3 Å². The van der Waals surface area contributed by atoms with Gasteiger partial charge in [-0.1, -0.05) is 17.7 Å². The van der Waals surface area contributed by atoms with Crippen LogP contribution in [0.3, 0.4) is 0 Å². The highest BCUT2D eigenvalue weighted by Crippen LogP contribution is 2.25. The Morgan fingerprint density at radius 2 is 1.79 bits per heavy atom. The van der Waals surface area contributed by atoms with Crippen LogP contribution >= 0.6 is 0 Å². The van der Waals surface area contributed by atoms with Gasteiger partial charge in [0.1, 0.15) is 12.4 Å². The number of ether oxygens (including phenoxy) is 3. The Labute approximate surface area is 194 Å². The first-order valence-corrected chi connectivity index (χ1v) is 11.8. The number of aryl methyl sites for hydroxylation is 2. The summed E-state index contributed by atoms with van der Waals surface area (Å²) in [7, 11) is 0. The number of hydrazone groups is 1. The van der Waals surface area contributed by atoms with Gasteiger partial charge in [-0.2, -0.15) is 15.1 Å². The molecule has 1 aromatic heterocycles. The highest BCUT2D eigenvalue weighted by molar-refractivity contribution is 6.04. The van der Waals surface area contributed by atoms with Crippen molar-refractivity contribution in [3.05, 3.63) is 41.0 Å². The van der Waals surface area contributed by atoms with E-state index in [4.69, 9.17) is 19.3 Å². The van der Waals surface area contributed by atoms with Crippen molar-refractivity contribution in [3.8, 4) is 6.01 Å². The number of morpholine rings is 2. The molecule has 9 heteroatoms. The van der Waals surface area contributed by atoms with Crippen LogP contribution in [-0.2, 0) is 15.9 Å². The van der Waals surface area contributed by atoms with Gasteiger partial charge in [0.05, 0.1) is 32.1 Å². The quantitative estimate of drug-likeness (QED) is 0.640. The third-order valence-electron chi connectivity index (χ3n) is 6.28. The summed E-state index contributed by atoms with van der Waals surface area (Å²) in [5.74, 6) is 1.47. The second kappa shape index (κ2) is 10.5. The van der Waals surface area contributed by atoms with Gasteiger partial charge in [-0.3, -0.25) is 10.3 Å². The Hall–Kier alpha value is -2.75. The summed E-state index contributed by atoms with van der Waals surface area (Å²) in [6.45, 7) is 9.88. The van der Waals surface area contributed by atoms with E-state index in [1.54, 1.807) is 0 Å². The van der Waals surface area contributed by atoms with E-state index in [-0.39, 0.29) is 0 Å². The topological polar surface area (TPSA) is 84.3 Å². The third kappa shape index (κ3) is 5.61. The van der Waals surface area contributed by atoms with E-state index >= 15 is 0 Å². The van der Waals surface area contributed by atoms with Gasteiger partial charge >= 0.3 is 6.01 Å². The van der Waals surface area contributed by atoms with Crippen molar-refractivity contribution in [2.24, 2.45) is 5.10 Å². The molecule has 5 rings (SSSR count). The first-order chi connectivity index (χ1) is 16.2. The molecule has 0 saturated carbocycles. The fourth-order valence-corrected chi connectivity index (χ4v) is 4.39. The van der Waals surface area contributed by atoms with E-state index in [0.717, 1.165) is 70.3 Å². The third-order valence-corrected chi connectivity index (χ3v) is 6.28. The molecule has 0 unspecified atom stereocenters. The zero-order valence-corrected chi connectivity index (χ0v) is 19.3. The first-order valence-electron chi connectivity index (χ1n) is 11.8. The molecule has 2 fully saturated rings. The number of fused-ring (bicyclic) bond motifs is 1. The predicted octanol–water partition coefficient (Wildman–Crippen LogP) is 2.10. The lowest BCUT2D eigenvalue weighted by molar-refractivity contribution is 0.0317. The van der Waals surface area contributed by atoms with Gasteiger partial charge in [0.2, 0.25) is 0 Å². The highest BCUT2D eigenvalue weighted by atomic mass is 16.5. The van der Waals surface area contributed by atoms with Crippen LogP contribution in [0.5, 0.6) is 6.01 Å². The summed E-state index contributed by atoms with van der Waals surface area (Å²) in [6.07, 6.45) is 1.95. The Balaban J connectivity index is 1.31. The van der Waals surface area contributed by atoms with Crippen molar-refractivity contribution < 1.29 is 14.2 Å². The molecule has 0 atom stereocenters. The van der Waals surface area contributed by atoms with Gasteiger partial charge in [-0.05, 0) is 31.4 Å². The van der Waals surface area contributed by atoms with Crippen LogP contribution in [0, 0.1) is 6.92 Å². The first kappa shape index (κ1) is 22.1. The summed E-state index contributed by atoms with van der Waals surface area (Å²) in [4.78, 5) is 13.8. The lowest BCUT2D eigenvalue weighted by atomic mass is 10.1. The largest absolute Gasteiger partial charge is 0.462 e. The average Bonchev–Trinajstić information content (AvgIpc) is 3.26. The molecule has 0 bridgehead atoms. The normalized spacial score (nSPS) is 20.2. The summed E-state index contributed by atoms with van der Waals surface area (Å²) in [5, 5.41) is 4.71. The Bertz CT molecular complexity index is 986. The number of benzene rings is 1. The number of rotatable bonds is 7. The molecule has 33 heavy (non-hydrogen) atoms. The van der Waals surface area contributed by atoms with Crippen molar-refractivity contribution in [1.82, 2.24) is 14.9 Å². The molecule has 3 heterocycles. The monoisotopic (exact) mass is 452 g/mol. The van der Waals surface area contributed by atoms with Crippen LogP contribution in [0.25, 0.3) is 0 Å². The molecule has 2 aromatic rings. The Morgan fingerprint density at radius 3 is 2.61 bits per heavy atom. The van der Waals surface area contributed by atoms with Gasteiger partial charge in [-0.25, -0.2) is 0 Å². The standard InChI is InChI=1S/C24H32N6O3/c1-18-2-3-19-4-5-21(20(19)16-18)27-28-22-17-23(30-9-13-32-14-10-30)26-24(25-22)33-15-8-29-6-11-31-12-7-29/h2-3,16-17H,4-15H2,1H3,(H,25,26,28)/b27-21-. The van der Waals surface area contributed by atoms with Gasteiger partial charge in [0, 0.05) is 44.4 Å². The van der Waals surface area contributed by atoms with Gasteiger partial charge in [0.25, 0.3) is 0 Å². The number of anilines is 2. The van der Waals surface area contributed by atoms with Crippen molar-refractivity contribution in [3.63, 3.8) is 0 Å². The molecule has 0 amide bonds. The Morgan fingerprint density at radius 1 is 1.00 bits per heavy atom. The predicted molar refractivity (Wildman–Crippen MR) is 127 cm³/mol. The minimum Gasteiger partial charge on any atom is -0.462 e. The molecular weight excluding hydrogens is 420 g/mol. The van der Waals surface area contributed by atoms with E-state index < -0.39 is 0 Å². The number of nitrogens with one attached hydrogen (secondary N) is 1. The number of aromatic nitrogens is 2. The number of hydrogen-bond donors (Lipinski definition) is 1. The second-order valence-corrected chi connectivity index (χ2v) is 8.63. The van der Waals surface area contributed by atoms with Crippen LogP contribution in [0.2, 0.25) is 0 Å². The molecule has 1 aliphatic carbocycles. The maximum atomic E-state index is 5.97. The molecular formula is C24H32N6O3. The van der Waals surface area contributed by atoms with Gasteiger partial charge in [-0.15, -0.1) is 0 Å². The lowest BCUT2D eigenvalue weighted by Crippen LogP contribution is -2.39. The van der Waals surface area contributed by atoms with Gasteiger partial charge < -0.3 is 19.1 Å². The summed E-state index contributed by atoms with van der Waals surface area (Å²) in [6, 6.07) is 8.89. The minimum absolute atomic E-state index is 0.373. The van der Waals surface area contributed by atoms with Crippen molar-refractivity contribution in [2.45, 2.75) is 19.8 Å². The molecule has 0 spiro atoms. The van der Waals surface area contributed by atoms with E-state index in [1.807, 2.05) is 6.07 Å². The fraction of sp³-hybridized carbons (Fsp3) is 0.542. The van der Waals surface area contributed by atoms with E-state index in [1.165, 1.54) is 16.7 Å². The SMILES string of the molecule is Cc1ccc2c(c1)/C(=N\Nc1cc(N3CCOCC3)nc(OCCN3CCOCC3)n1)CC2. The minimum atomic E-state index is 0.373. The molecule has 1 aromatic carbocycles. The van der Waals surface area contributed by atoms with Crippen LogP contribution in [0.15, 0.2) is 29.4 Å². The molecule has 1 N–H and O–H groups in total. The molecule has 176 valence electrons. The molecule has 3 aliphatic rings. The van der Waals surface area contributed by atoms with Crippen molar-refractivity contribution in [1.29, 1.82) is 0 Å². The smallest absolute Gasteiger partial charge is 0.320 e. The van der Waals surface area contributed by atoms with Gasteiger partial charge in [0.15, 0.2) is 5.82 Å². The number of hydrogen-bond acceptors (Lipinski definition) is 9. The maximum Gasteiger partial charge on any atom is 0.320 e. The van der Waals surface area contributed by atoms with E-state index in [2.05, 4.69) is 50.3 Å². The molecule has 2 saturated heterocycles. The molecule has 2 aliphatic heterocycles. The fourth-order valence-electron chi connectivity index (χ4n) is 4.39. The van der Waals surface area contributed by atoms with E-state index in [9.17, 15) is 0 Å². The summed E-state index contributed by atoms with van der Waals surface area (Å²) >= 11 is 0. The highest BCUT2D eigenvalue weighted by Gasteiger charge is 2.19. The lowest BCUT2D eigenvalue weighted by Gasteiger charge is -2.28. The van der Waals surface area contributed by atoms with Crippen molar-refractivity contribution in [2.75, 3.05) is 76.1 Å². The zero-order chi connectivity index (χ0) is 22.5. The Kier molecular flexibility index (Phi) is 6.99. The average molecular weight is 453 g/mol. The maximum absolute atomic E-state index is 5.97. The van der Waals surface area contributed by atoms with E-state index in [0.29, 0.717) is 31.6 Å². The van der Waals surface area contributed by atoms with Crippen LogP contribution < -0.4 is 15.1 Å². The molecule has 9 nitrogen and oxygen atoms in total. The number of nitrogens with zero attached hydrogens (tertiary/aromatic N) is 5. The summed E-state index contributed by atoms with van der Waals surface area (Å²) in [5.41, 5.74) is 8.07. The summed E-state index contributed by atoms with van der Waals surface area (Å²) < 4.78 is 16.9.